The summed E-state index contributed by atoms with van der Waals surface area (Å²) in [5, 5.41) is 11.0. The van der Waals surface area contributed by atoms with Gasteiger partial charge in [0, 0.05) is 19.3 Å². The zero-order valence-corrected chi connectivity index (χ0v) is 15.8. The molecule has 3 aromatic rings. The van der Waals surface area contributed by atoms with Crippen molar-refractivity contribution in [3.05, 3.63) is 57.1 Å². The largest absolute Gasteiger partial charge is 0.480 e. The molecule has 0 spiro atoms. The molecule has 5 heteroatoms. The van der Waals surface area contributed by atoms with Crippen molar-refractivity contribution in [2.75, 3.05) is 6.54 Å². The molecule has 1 aliphatic rings. The highest BCUT2D eigenvalue weighted by molar-refractivity contribution is 7.19. The van der Waals surface area contributed by atoms with Crippen LogP contribution in [-0.2, 0) is 4.79 Å². The van der Waals surface area contributed by atoms with Crippen molar-refractivity contribution < 1.29 is 9.90 Å². The number of carboxylic acids is 1. The summed E-state index contributed by atoms with van der Waals surface area (Å²) in [6, 6.07) is 14.6. The second-order valence-electron chi connectivity index (χ2n) is 6.63. The van der Waals surface area contributed by atoms with Gasteiger partial charge in [0.25, 0.3) is 0 Å². The molecule has 3 heterocycles. The second-order valence-corrected chi connectivity index (χ2v) is 9.06. The molecule has 2 atom stereocenters. The number of fused-ring (bicyclic) bond motifs is 1. The number of piperidine rings is 1. The highest BCUT2D eigenvalue weighted by Gasteiger charge is 2.36. The van der Waals surface area contributed by atoms with Gasteiger partial charge in [0.2, 0.25) is 0 Å². The topological polar surface area (TPSA) is 40.5 Å². The van der Waals surface area contributed by atoms with Gasteiger partial charge in [-0.2, -0.15) is 0 Å². The Balaban J connectivity index is 1.82. The normalized spacial score (nSPS) is 20.0. The van der Waals surface area contributed by atoms with Crippen molar-refractivity contribution in [1.29, 1.82) is 0 Å². The zero-order valence-electron chi connectivity index (χ0n) is 14.1. The molecule has 0 bridgehead atoms. The molecule has 4 rings (SSSR count). The van der Waals surface area contributed by atoms with Gasteiger partial charge in [-0.3, -0.25) is 9.69 Å². The third-order valence-corrected chi connectivity index (χ3v) is 7.13. The fourth-order valence-corrected chi connectivity index (χ4v) is 6.03. The van der Waals surface area contributed by atoms with E-state index in [0.29, 0.717) is 0 Å². The lowest BCUT2D eigenvalue weighted by atomic mass is 9.98. The lowest BCUT2D eigenvalue weighted by molar-refractivity contribution is -0.145. The smallest absolute Gasteiger partial charge is 0.320 e. The Morgan fingerprint density at radius 3 is 2.72 bits per heavy atom. The van der Waals surface area contributed by atoms with Gasteiger partial charge < -0.3 is 5.11 Å². The van der Waals surface area contributed by atoms with E-state index in [4.69, 9.17) is 0 Å². The third kappa shape index (κ3) is 3.24. The Kier molecular flexibility index (Phi) is 4.63. The van der Waals surface area contributed by atoms with Gasteiger partial charge in [0.1, 0.15) is 6.04 Å². The molecule has 3 nitrogen and oxygen atoms in total. The van der Waals surface area contributed by atoms with Crippen LogP contribution in [0.5, 0.6) is 0 Å². The quantitative estimate of drug-likeness (QED) is 0.676. The molecule has 1 aromatic carbocycles. The van der Waals surface area contributed by atoms with Gasteiger partial charge in [0.15, 0.2) is 0 Å². The number of carboxylic acid groups (broad SMARTS) is 1. The van der Waals surface area contributed by atoms with Crippen LogP contribution in [0.15, 0.2) is 42.5 Å². The van der Waals surface area contributed by atoms with Crippen molar-refractivity contribution in [2.45, 2.75) is 38.3 Å². The van der Waals surface area contributed by atoms with Crippen LogP contribution in [0.2, 0.25) is 0 Å². The maximum atomic E-state index is 11.9. The maximum absolute atomic E-state index is 11.9. The lowest BCUT2D eigenvalue weighted by Crippen LogP contribution is -2.46. The Morgan fingerprint density at radius 1 is 1.16 bits per heavy atom. The molecule has 1 aliphatic heterocycles. The Labute approximate surface area is 155 Å². The second kappa shape index (κ2) is 6.90. The summed E-state index contributed by atoms with van der Waals surface area (Å²) >= 11 is 3.57. The van der Waals surface area contributed by atoms with Gasteiger partial charge in [-0.25, -0.2) is 0 Å². The van der Waals surface area contributed by atoms with E-state index in [1.807, 2.05) is 0 Å². The minimum atomic E-state index is -0.695. The van der Waals surface area contributed by atoms with Crippen LogP contribution in [0.25, 0.3) is 10.1 Å². The van der Waals surface area contributed by atoms with Gasteiger partial charge in [-0.1, -0.05) is 24.6 Å². The first-order valence-corrected chi connectivity index (χ1v) is 10.3. The number of aryl methyl sites for hydroxylation is 1. The average molecular weight is 372 g/mol. The number of hydrogen-bond donors (Lipinski definition) is 1. The average Bonchev–Trinajstić information content (AvgIpc) is 3.22. The number of aliphatic carboxylic acids is 1. The molecular formula is C20H21NO2S2. The molecule has 0 aliphatic carbocycles. The highest BCUT2D eigenvalue weighted by atomic mass is 32.1. The van der Waals surface area contributed by atoms with Gasteiger partial charge in [-0.05, 0) is 56.0 Å². The highest BCUT2D eigenvalue weighted by Crippen LogP contribution is 2.41. The van der Waals surface area contributed by atoms with E-state index in [2.05, 4.69) is 54.3 Å². The molecule has 1 fully saturated rings. The maximum Gasteiger partial charge on any atom is 0.320 e. The number of carbonyl (C=O) groups is 1. The van der Waals surface area contributed by atoms with Crippen LogP contribution in [-0.4, -0.2) is 28.6 Å². The molecule has 2 aromatic heterocycles. The van der Waals surface area contributed by atoms with E-state index in [1.165, 1.54) is 24.7 Å². The summed E-state index contributed by atoms with van der Waals surface area (Å²) in [6.07, 6.45) is 2.80. The van der Waals surface area contributed by atoms with Crippen molar-refractivity contribution in [1.82, 2.24) is 4.90 Å². The van der Waals surface area contributed by atoms with Crippen molar-refractivity contribution in [3.8, 4) is 0 Å². The van der Waals surface area contributed by atoms with E-state index in [0.717, 1.165) is 25.8 Å². The van der Waals surface area contributed by atoms with E-state index in [1.54, 1.807) is 22.7 Å². The number of hydrogen-bond acceptors (Lipinski definition) is 4. The van der Waals surface area contributed by atoms with Crippen molar-refractivity contribution >= 4 is 38.7 Å². The van der Waals surface area contributed by atoms with Crippen LogP contribution in [0.1, 0.15) is 39.9 Å². The summed E-state index contributed by atoms with van der Waals surface area (Å²) in [6.45, 7) is 2.95. The molecule has 1 N–H and O–H groups in total. The molecule has 1 saturated heterocycles. The number of nitrogens with zero attached hydrogens (tertiary/aromatic N) is 1. The molecule has 0 amide bonds. The fourth-order valence-electron chi connectivity index (χ4n) is 3.73. The van der Waals surface area contributed by atoms with E-state index in [9.17, 15) is 9.90 Å². The molecule has 130 valence electrons. The van der Waals surface area contributed by atoms with Gasteiger partial charge >= 0.3 is 5.97 Å². The number of benzene rings is 1. The summed E-state index contributed by atoms with van der Waals surface area (Å²) < 4.78 is 1.26. The zero-order chi connectivity index (χ0) is 17.4. The fraction of sp³-hybridized carbons (Fsp3) is 0.350. The number of rotatable bonds is 4. The first-order valence-electron chi connectivity index (χ1n) is 8.67. The summed E-state index contributed by atoms with van der Waals surface area (Å²) in [5.74, 6) is -0.695. The first-order chi connectivity index (χ1) is 12.1. The minimum Gasteiger partial charge on any atom is -0.480 e. The van der Waals surface area contributed by atoms with Crippen LogP contribution >= 0.6 is 22.7 Å². The predicted molar refractivity (Wildman–Crippen MR) is 105 cm³/mol. The molecule has 0 radical (unpaired) electrons. The molecule has 2 unspecified atom stereocenters. The minimum absolute atomic E-state index is 0.0394. The lowest BCUT2D eigenvalue weighted by Gasteiger charge is -2.38. The Bertz CT molecular complexity index is 865. The summed E-state index contributed by atoms with van der Waals surface area (Å²) in [5.41, 5.74) is 0. The SMILES string of the molecule is Cc1ccc(C(c2cc3ccccc3s2)N2CCCCC2C(=O)O)s1. The van der Waals surface area contributed by atoms with Crippen molar-refractivity contribution in [2.24, 2.45) is 0 Å². The predicted octanol–water partition coefficient (Wildman–Crippen LogP) is 5.30. The molecular weight excluding hydrogens is 350 g/mol. The number of likely N-dealkylation sites (tertiary alicyclic amines) is 1. The van der Waals surface area contributed by atoms with Crippen LogP contribution in [0.3, 0.4) is 0 Å². The number of thiophene rings is 2. The van der Waals surface area contributed by atoms with Crippen LogP contribution in [0.4, 0.5) is 0 Å². The van der Waals surface area contributed by atoms with E-state index < -0.39 is 12.0 Å². The summed E-state index contributed by atoms with van der Waals surface area (Å²) in [7, 11) is 0. The van der Waals surface area contributed by atoms with Gasteiger partial charge in [-0.15, -0.1) is 22.7 Å². The van der Waals surface area contributed by atoms with E-state index >= 15 is 0 Å². The van der Waals surface area contributed by atoms with Crippen molar-refractivity contribution in [3.63, 3.8) is 0 Å². The van der Waals surface area contributed by atoms with Crippen LogP contribution in [0, 0.1) is 6.92 Å². The van der Waals surface area contributed by atoms with Crippen LogP contribution < -0.4 is 0 Å². The summed E-state index contributed by atoms with van der Waals surface area (Å²) in [4.78, 5) is 17.8. The first kappa shape index (κ1) is 16.8. The standard InChI is InChI=1S/C20H21NO2S2/c1-13-9-10-17(24-13)19(21-11-5-4-7-15(21)20(22)23)18-12-14-6-2-3-8-16(14)25-18/h2-3,6,8-10,12,15,19H,4-5,7,11H2,1H3,(H,22,23). The van der Waals surface area contributed by atoms with Gasteiger partial charge in [0.05, 0.1) is 6.04 Å². The van der Waals surface area contributed by atoms with E-state index in [-0.39, 0.29) is 6.04 Å². The Hall–Kier alpha value is -1.69. The monoisotopic (exact) mass is 371 g/mol. The molecule has 25 heavy (non-hydrogen) atoms. The third-order valence-electron chi connectivity index (χ3n) is 4.91. The molecule has 0 saturated carbocycles. The Morgan fingerprint density at radius 2 is 2.00 bits per heavy atom.